The molecular weight excluding hydrogens is 504 g/mol. The highest BCUT2D eigenvalue weighted by Crippen LogP contribution is 2.42. The summed E-state index contributed by atoms with van der Waals surface area (Å²) in [6.45, 7) is 0. The van der Waals surface area contributed by atoms with E-state index in [-0.39, 0.29) is 16.3 Å². The summed E-state index contributed by atoms with van der Waals surface area (Å²) in [6, 6.07) is 22.8. The molecule has 0 bridgehead atoms. The number of rotatable bonds is 7. The van der Waals surface area contributed by atoms with E-state index < -0.39 is 10.8 Å². The van der Waals surface area contributed by atoms with Gasteiger partial charge in [-0.1, -0.05) is 18.2 Å². The van der Waals surface area contributed by atoms with Gasteiger partial charge in [-0.15, -0.1) is 11.3 Å². The minimum Gasteiger partial charge on any atom is -0.497 e. The molecule has 190 valence electrons. The van der Waals surface area contributed by atoms with Crippen molar-refractivity contribution in [3.8, 4) is 33.9 Å². The van der Waals surface area contributed by atoms with E-state index in [4.69, 9.17) is 20.2 Å². The largest absolute Gasteiger partial charge is 0.497 e. The summed E-state index contributed by atoms with van der Waals surface area (Å²) < 4.78 is 10.6. The van der Waals surface area contributed by atoms with Crippen LogP contribution in [0.25, 0.3) is 32.6 Å². The number of pyridine rings is 1. The molecule has 0 atom stereocenters. The number of hydrogen-bond donors (Lipinski definition) is 2. The number of hydrogen-bond acceptors (Lipinski definition) is 8. The Labute approximate surface area is 221 Å². The van der Waals surface area contributed by atoms with Gasteiger partial charge in [-0.3, -0.25) is 14.9 Å². The van der Waals surface area contributed by atoms with Gasteiger partial charge in [0.25, 0.3) is 11.6 Å². The first-order valence-electron chi connectivity index (χ1n) is 11.5. The van der Waals surface area contributed by atoms with Crippen LogP contribution >= 0.6 is 11.3 Å². The van der Waals surface area contributed by atoms with E-state index in [0.29, 0.717) is 27.3 Å². The summed E-state index contributed by atoms with van der Waals surface area (Å²) in [5.41, 5.74) is 10.3. The van der Waals surface area contributed by atoms with Gasteiger partial charge in [-0.2, -0.15) is 0 Å². The summed E-state index contributed by atoms with van der Waals surface area (Å²) in [6.07, 6.45) is 0. The summed E-state index contributed by atoms with van der Waals surface area (Å²) in [4.78, 5) is 29.5. The van der Waals surface area contributed by atoms with E-state index in [0.717, 1.165) is 33.8 Å². The van der Waals surface area contributed by atoms with E-state index in [1.165, 1.54) is 18.2 Å². The molecule has 0 saturated heterocycles. The van der Waals surface area contributed by atoms with Gasteiger partial charge < -0.3 is 20.5 Å². The Morgan fingerprint density at radius 2 is 1.58 bits per heavy atom. The number of non-ortho nitro benzene ring substituents is 1. The zero-order chi connectivity index (χ0) is 26.8. The van der Waals surface area contributed by atoms with Crippen molar-refractivity contribution >= 4 is 44.5 Å². The number of anilines is 2. The van der Waals surface area contributed by atoms with Crippen LogP contribution in [-0.2, 0) is 0 Å². The number of thiophene rings is 1. The maximum atomic E-state index is 13.2. The Morgan fingerprint density at radius 3 is 2.18 bits per heavy atom. The first-order valence-corrected chi connectivity index (χ1v) is 12.3. The zero-order valence-corrected chi connectivity index (χ0v) is 21.2. The summed E-state index contributed by atoms with van der Waals surface area (Å²) >= 11 is 1.16. The summed E-state index contributed by atoms with van der Waals surface area (Å²) in [5.74, 6) is 0.966. The number of ether oxygens (including phenoxy) is 2. The lowest BCUT2D eigenvalue weighted by Gasteiger charge is -2.10. The molecule has 0 aliphatic carbocycles. The van der Waals surface area contributed by atoms with Crippen LogP contribution < -0.4 is 20.5 Å². The van der Waals surface area contributed by atoms with Gasteiger partial charge in [-0.25, -0.2) is 4.98 Å². The number of aromatic nitrogens is 1. The van der Waals surface area contributed by atoms with E-state index in [1.54, 1.807) is 20.3 Å². The van der Waals surface area contributed by atoms with Crippen LogP contribution in [0.3, 0.4) is 0 Å². The second-order valence-electron chi connectivity index (χ2n) is 8.30. The number of nitrogens with zero attached hydrogens (tertiary/aromatic N) is 2. The number of nitro groups is 1. The van der Waals surface area contributed by atoms with Crippen LogP contribution in [0.15, 0.2) is 78.9 Å². The lowest BCUT2D eigenvalue weighted by Crippen LogP contribution is -2.12. The van der Waals surface area contributed by atoms with Crippen molar-refractivity contribution in [2.45, 2.75) is 0 Å². The minimum atomic E-state index is -0.519. The van der Waals surface area contributed by atoms with Gasteiger partial charge in [0.05, 0.1) is 30.5 Å². The van der Waals surface area contributed by atoms with Gasteiger partial charge in [0.15, 0.2) is 0 Å². The molecular formula is C28H22N4O5S. The first-order chi connectivity index (χ1) is 18.4. The Morgan fingerprint density at radius 1 is 0.947 bits per heavy atom. The van der Waals surface area contributed by atoms with Crippen LogP contribution in [-0.4, -0.2) is 30.0 Å². The minimum absolute atomic E-state index is 0.125. The number of carbonyl (C=O) groups is 1. The summed E-state index contributed by atoms with van der Waals surface area (Å²) in [5, 5.41) is 14.5. The van der Waals surface area contributed by atoms with E-state index in [1.807, 2.05) is 54.6 Å². The molecule has 5 aromatic rings. The van der Waals surface area contributed by atoms with E-state index in [9.17, 15) is 14.9 Å². The van der Waals surface area contributed by atoms with Crippen molar-refractivity contribution in [1.29, 1.82) is 0 Å². The average Bonchev–Trinajstić information content (AvgIpc) is 3.29. The van der Waals surface area contributed by atoms with Crippen molar-refractivity contribution in [1.82, 2.24) is 4.98 Å². The summed E-state index contributed by atoms with van der Waals surface area (Å²) in [7, 11) is 3.21. The SMILES string of the molecule is COc1ccc(-c2cc(-c3ccc(OC)cc3)c3c(N)c(C(=O)Nc4cccc([N+](=O)[O-])c4)sc3n2)cc1. The third-order valence-corrected chi connectivity index (χ3v) is 7.11. The first kappa shape index (κ1) is 24.7. The number of nitrogen functional groups attached to an aromatic ring is 1. The van der Waals surface area contributed by atoms with Crippen LogP contribution in [0, 0.1) is 10.1 Å². The number of fused-ring (bicyclic) bond motifs is 1. The number of nitrogens with two attached hydrogens (primary N) is 1. The highest BCUT2D eigenvalue weighted by atomic mass is 32.1. The van der Waals surface area contributed by atoms with Gasteiger partial charge in [0.2, 0.25) is 0 Å². The lowest BCUT2D eigenvalue weighted by atomic mass is 9.99. The van der Waals surface area contributed by atoms with Gasteiger partial charge >= 0.3 is 0 Å². The fourth-order valence-electron chi connectivity index (χ4n) is 4.08. The van der Waals surface area contributed by atoms with Crippen LogP contribution in [0.2, 0.25) is 0 Å². The van der Waals surface area contributed by atoms with Crippen molar-refractivity contribution in [3.63, 3.8) is 0 Å². The fourth-order valence-corrected chi connectivity index (χ4v) is 5.10. The van der Waals surface area contributed by atoms with Crippen LogP contribution in [0.4, 0.5) is 17.1 Å². The molecule has 3 N–H and O–H groups in total. The molecule has 0 aliphatic rings. The lowest BCUT2D eigenvalue weighted by molar-refractivity contribution is -0.384. The number of amides is 1. The molecule has 5 rings (SSSR count). The van der Waals surface area contributed by atoms with Crippen molar-refractivity contribution in [2.24, 2.45) is 0 Å². The highest BCUT2D eigenvalue weighted by Gasteiger charge is 2.22. The average molecular weight is 527 g/mol. The Balaban J connectivity index is 1.63. The molecule has 3 aromatic carbocycles. The smallest absolute Gasteiger partial charge is 0.271 e. The van der Waals surface area contributed by atoms with Gasteiger partial charge in [0.1, 0.15) is 21.2 Å². The molecule has 2 aromatic heterocycles. The Hall–Kier alpha value is -4.96. The monoisotopic (exact) mass is 526 g/mol. The molecule has 0 spiro atoms. The van der Waals surface area contributed by atoms with Crippen molar-refractivity contribution in [3.05, 3.63) is 93.9 Å². The van der Waals surface area contributed by atoms with Gasteiger partial charge in [-0.05, 0) is 59.7 Å². The predicted octanol–water partition coefficient (Wildman–Crippen LogP) is 6.39. The molecule has 9 nitrogen and oxygen atoms in total. The number of benzene rings is 3. The molecule has 0 fully saturated rings. The zero-order valence-electron chi connectivity index (χ0n) is 20.4. The number of methoxy groups -OCH3 is 2. The molecule has 0 saturated carbocycles. The van der Waals surface area contributed by atoms with Crippen LogP contribution in [0.1, 0.15) is 9.67 Å². The van der Waals surface area contributed by atoms with E-state index in [2.05, 4.69) is 5.32 Å². The van der Waals surface area contributed by atoms with Crippen LogP contribution in [0.5, 0.6) is 11.5 Å². The maximum absolute atomic E-state index is 13.2. The topological polar surface area (TPSA) is 130 Å². The van der Waals surface area contributed by atoms with Gasteiger partial charge in [0, 0.05) is 28.8 Å². The molecule has 0 unspecified atom stereocenters. The maximum Gasteiger partial charge on any atom is 0.271 e. The molecule has 0 aliphatic heterocycles. The van der Waals surface area contributed by atoms with E-state index >= 15 is 0 Å². The van der Waals surface area contributed by atoms with Crippen molar-refractivity contribution < 1.29 is 19.2 Å². The number of nitro benzene ring substituents is 1. The quantitative estimate of drug-likeness (QED) is 0.186. The number of nitrogens with one attached hydrogen (secondary N) is 1. The third kappa shape index (κ3) is 4.72. The predicted molar refractivity (Wildman–Crippen MR) is 149 cm³/mol. The number of carbonyl (C=O) groups excluding carboxylic acids is 1. The Bertz CT molecular complexity index is 1660. The molecule has 38 heavy (non-hydrogen) atoms. The second-order valence-corrected chi connectivity index (χ2v) is 9.30. The molecule has 10 heteroatoms. The third-order valence-electron chi connectivity index (χ3n) is 6.01. The molecule has 1 amide bonds. The normalized spacial score (nSPS) is 10.8. The molecule has 0 radical (unpaired) electrons. The highest BCUT2D eigenvalue weighted by molar-refractivity contribution is 7.21. The standard InChI is InChI=1S/C28H22N4O5S/c1-36-20-10-6-16(7-11-20)22-15-23(17-8-12-21(37-2)13-9-17)31-28-24(22)25(29)26(38-28)27(33)30-18-4-3-5-19(14-18)32(34)35/h3-15H,29H2,1-2H3,(H,30,33). The fraction of sp³-hybridized carbons (Fsp3) is 0.0714. The Kier molecular flexibility index (Phi) is 6.63. The molecule has 2 heterocycles. The van der Waals surface area contributed by atoms with Crippen molar-refractivity contribution in [2.75, 3.05) is 25.3 Å². The second kappa shape index (κ2) is 10.2.